The van der Waals surface area contributed by atoms with E-state index in [0.717, 1.165) is 36.8 Å². The SMILES string of the molecule is C[C@@H](CC(=O)NCCCCCCCC(=O)O)NC(=O)OCC1c2ccccc2-c2ccccc21. The molecule has 1 aliphatic rings. The lowest BCUT2D eigenvalue weighted by molar-refractivity contribution is -0.137. The van der Waals surface area contributed by atoms with Crippen LogP contribution in [0.1, 0.15) is 68.9 Å². The Morgan fingerprint density at radius 3 is 2.15 bits per heavy atom. The Morgan fingerprint density at radius 2 is 1.50 bits per heavy atom. The van der Waals surface area contributed by atoms with E-state index in [9.17, 15) is 14.4 Å². The second kappa shape index (κ2) is 12.8. The van der Waals surface area contributed by atoms with Crippen LogP contribution in [0.15, 0.2) is 48.5 Å². The van der Waals surface area contributed by atoms with Gasteiger partial charge in [-0.05, 0) is 42.0 Å². The van der Waals surface area contributed by atoms with Crippen LogP contribution in [0.4, 0.5) is 4.79 Å². The molecule has 0 saturated heterocycles. The fraction of sp³-hybridized carbons (Fsp3) is 0.444. The normalized spacial score (nSPS) is 13.0. The molecule has 1 aliphatic carbocycles. The first kappa shape index (κ1) is 25.3. The van der Waals surface area contributed by atoms with E-state index >= 15 is 0 Å². The molecule has 1 atom stereocenters. The first-order chi connectivity index (χ1) is 16.5. The third-order valence-corrected chi connectivity index (χ3v) is 6.09. The number of ether oxygens (including phenoxy) is 1. The molecule has 0 unspecified atom stereocenters. The van der Waals surface area contributed by atoms with E-state index in [2.05, 4.69) is 34.9 Å². The zero-order valence-electron chi connectivity index (χ0n) is 19.7. The summed E-state index contributed by atoms with van der Waals surface area (Å²) in [5, 5.41) is 14.2. The number of hydrogen-bond acceptors (Lipinski definition) is 4. The van der Waals surface area contributed by atoms with E-state index in [0.29, 0.717) is 13.0 Å². The molecule has 3 rings (SSSR count). The maximum atomic E-state index is 12.3. The lowest BCUT2D eigenvalue weighted by atomic mass is 9.98. The Labute approximate surface area is 200 Å². The molecule has 3 N–H and O–H groups in total. The summed E-state index contributed by atoms with van der Waals surface area (Å²) in [6.07, 6.45) is 4.23. The number of alkyl carbamates (subject to hydrolysis) is 1. The van der Waals surface area contributed by atoms with Crippen molar-refractivity contribution in [2.45, 2.75) is 63.8 Å². The van der Waals surface area contributed by atoms with Gasteiger partial charge in [0.2, 0.25) is 5.91 Å². The third-order valence-electron chi connectivity index (χ3n) is 6.09. The lowest BCUT2D eigenvalue weighted by Gasteiger charge is -2.17. The minimum atomic E-state index is -0.756. The quantitative estimate of drug-likeness (QED) is 0.366. The second-order valence-electron chi connectivity index (χ2n) is 8.84. The van der Waals surface area contributed by atoms with Gasteiger partial charge < -0.3 is 20.5 Å². The fourth-order valence-corrected chi connectivity index (χ4v) is 4.40. The summed E-state index contributed by atoms with van der Waals surface area (Å²) in [6, 6.07) is 16.0. The topological polar surface area (TPSA) is 105 Å². The summed E-state index contributed by atoms with van der Waals surface area (Å²) in [5.41, 5.74) is 4.67. The molecular formula is C27H34N2O5. The highest BCUT2D eigenvalue weighted by molar-refractivity contribution is 5.79. The lowest BCUT2D eigenvalue weighted by Crippen LogP contribution is -2.38. The smallest absolute Gasteiger partial charge is 0.407 e. The van der Waals surface area contributed by atoms with Crippen molar-refractivity contribution < 1.29 is 24.2 Å². The van der Waals surface area contributed by atoms with Gasteiger partial charge in [0.1, 0.15) is 6.61 Å². The minimum Gasteiger partial charge on any atom is -0.481 e. The second-order valence-corrected chi connectivity index (χ2v) is 8.84. The molecule has 0 aromatic heterocycles. The highest BCUT2D eigenvalue weighted by Crippen LogP contribution is 2.44. The fourth-order valence-electron chi connectivity index (χ4n) is 4.40. The summed E-state index contributed by atoms with van der Waals surface area (Å²) < 4.78 is 5.53. The molecule has 182 valence electrons. The number of nitrogens with one attached hydrogen (secondary N) is 2. The van der Waals surface area contributed by atoms with Gasteiger partial charge in [-0.2, -0.15) is 0 Å². The average Bonchev–Trinajstić information content (AvgIpc) is 3.13. The number of rotatable bonds is 13. The van der Waals surface area contributed by atoms with Crippen LogP contribution in [0.3, 0.4) is 0 Å². The summed E-state index contributed by atoms with van der Waals surface area (Å²) in [6.45, 7) is 2.60. The van der Waals surface area contributed by atoms with Gasteiger partial charge in [-0.15, -0.1) is 0 Å². The number of carboxylic acid groups (broad SMARTS) is 1. The third kappa shape index (κ3) is 7.33. The molecule has 2 aromatic carbocycles. The van der Waals surface area contributed by atoms with Crippen molar-refractivity contribution in [2.24, 2.45) is 0 Å². The molecule has 7 heteroatoms. The van der Waals surface area contributed by atoms with Gasteiger partial charge in [-0.25, -0.2) is 4.79 Å². The van der Waals surface area contributed by atoms with Crippen molar-refractivity contribution in [3.05, 3.63) is 59.7 Å². The van der Waals surface area contributed by atoms with Crippen LogP contribution in [-0.4, -0.2) is 42.3 Å². The van der Waals surface area contributed by atoms with Gasteiger partial charge in [0.05, 0.1) is 0 Å². The number of carbonyl (C=O) groups excluding carboxylic acids is 2. The molecular weight excluding hydrogens is 432 g/mol. The van der Waals surface area contributed by atoms with Crippen molar-refractivity contribution in [2.75, 3.05) is 13.2 Å². The van der Waals surface area contributed by atoms with Gasteiger partial charge in [0.25, 0.3) is 0 Å². The van der Waals surface area contributed by atoms with Crippen molar-refractivity contribution in [3.63, 3.8) is 0 Å². The minimum absolute atomic E-state index is 0.000817. The standard InChI is InChI=1S/C27H34N2O5/c1-19(17-25(30)28-16-10-4-2-3-5-15-26(31)32)29-27(33)34-18-24-22-13-8-6-11-20(22)21-12-7-9-14-23(21)24/h6-9,11-14,19,24H,2-5,10,15-18H2,1H3,(H,28,30)(H,29,33)(H,31,32)/t19-/m0/s1. The van der Waals surface area contributed by atoms with Gasteiger partial charge in [-0.1, -0.05) is 67.8 Å². The first-order valence-corrected chi connectivity index (χ1v) is 12.1. The largest absolute Gasteiger partial charge is 0.481 e. The number of hydrogen-bond donors (Lipinski definition) is 3. The van der Waals surface area contributed by atoms with Gasteiger partial charge in [0.15, 0.2) is 0 Å². The monoisotopic (exact) mass is 466 g/mol. The molecule has 0 fully saturated rings. The Morgan fingerprint density at radius 1 is 0.912 bits per heavy atom. The summed E-state index contributed by atoms with van der Waals surface area (Å²) >= 11 is 0. The molecule has 0 radical (unpaired) electrons. The predicted octanol–water partition coefficient (Wildman–Crippen LogP) is 4.85. The molecule has 0 saturated carbocycles. The number of fused-ring (bicyclic) bond motifs is 3. The molecule has 0 heterocycles. The van der Waals surface area contributed by atoms with Crippen molar-refractivity contribution in [3.8, 4) is 11.1 Å². The molecule has 2 aromatic rings. The molecule has 7 nitrogen and oxygen atoms in total. The van der Waals surface area contributed by atoms with Crippen LogP contribution in [-0.2, 0) is 14.3 Å². The van der Waals surface area contributed by atoms with Gasteiger partial charge in [0, 0.05) is 31.3 Å². The van der Waals surface area contributed by atoms with Crippen LogP contribution in [0.2, 0.25) is 0 Å². The molecule has 0 bridgehead atoms. The van der Waals surface area contributed by atoms with Crippen molar-refractivity contribution >= 4 is 18.0 Å². The number of amides is 2. The van der Waals surface area contributed by atoms with E-state index in [1.165, 1.54) is 11.1 Å². The van der Waals surface area contributed by atoms with E-state index in [-0.39, 0.29) is 37.3 Å². The van der Waals surface area contributed by atoms with Crippen LogP contribution < -0.4 is 10.6 Å². The highest BCUT2D eigenvalue weighted by atomic mass is 16.5. The molecule has 34 heavy (non-hydrogen) atoms. The first-order valence-electron chi connectivity index (χ1n) is 12.1. The van der Waals surface area contributed by atoms with E-state index in [1.54, 1.807) is 6.92 Å². The number of unbranched alkanes of at least 4 members (excludes halogenated alkanes) is 4. The van der Waals surface area contributed by atoms with Gasteiger partial charge >= 0.3 is 12.1 Å². The summed E-state index contributed by atoms with van der Waals surface area (Å²) in [4.78, 5) is 34.9. The van der Waals surface area contributed by atoms with Gasteiger partial charge in [-0.3, -0.25) is 9.59 Å². The molecule has 2 amide bonds. The highest BCUT2D eigenvalue weighted by Gasteiger charge is 2.29. The van der Waals surface area contributed by atoms with Crippen LogP contribution >= 0.6 is 0 Å². The van der Waals surface area contributed by atoms with E-state index in [1.807, 2.05) is 24.3 Å². The Bertz CT molecular complexity index is 945. The number of carbonyl (C=O) groups is 3. The maximum absolute atomic E-state index is 12.3. The number of carboxylic acids is 1. The van der Waals surface area contributed by atoms with E-state index < -0.39 is 12.1 Å². The summed E-state index contributed by atoms with van der Waals surface area (Å²) in [5.74, 6) is -0.869. The Balaban J connectivity index is 1.33. The van der Waals surface area contributed by atoms with Crippen LogP contribution in [0.25, 0.3) is 11.1 Å². The Hall–Kier alpha value is -3.35. The number of benzene rings is 2. The average molecular weight is 467 g/mol. The van der Waals surface area contributed by atoms with Crippen molar-refractivity contribution in [1.29, 1.82) is 0 Å². The molecule has 0 aliphatic heterocycles. The zero-order valence-corrected chi connectivity index (χ0v) is 19.7. The van der Waals surface area contributed by atoms with Crippen LogP contribution in [0.5, 0.6) is 0 Å². The van der Waals surface area contributed by atoms with E-state index in [4.69, 9.17) is 9.84 Å². The maximum Gasteiger partial charge on any atom is 0.407 e. The zero-order chi connectivity index (χ0) is 24.3. The molecule has 0 spiro atoms. The number of aliphatic carboxylic acids is 1. The predicted molar refractivity (Wildman–Crippen MR) is 131 cm³/mol. The van der Waals surface area contributed by atoms with Crippen molar-refractivity contribution in [1.82, 2.24) is 10.6 Å². The Kier molecular flexibility index (Phi) is 9.50. The summed E-state index contributed by atoms with van der Waals surface area (Å²) in [7, 11) is 0. The van der Waals surface area contributed by atoms with Crippen LogP contribution in [0, 0.1) is 0 Å².